The molecule has 1 N–H and O–H groups in total. The molecule has 0 aliphatic heterocycles. The minimum atomic E-state index is -0.151. The molecular formula is C7H12O3. The molecule has 0 spiro atoms. The third-order valence-electron chi connectivity index (χ3n) is 1.75. The Kier molecular flexibility index (Phi) is 2.27. The Balaban J connectivity index is 2.19. The molecule has 0 bridgehead atoms. The Labute approximate surface area is 60.0 Å². The number of rotatable bonds is 3. The van der Waals surface area contributed by atoms with E-state index < -0.39 is 0 Å². The SMILES string of the molecule is CCOC(=O)C1C[C@H]1CO. The molecular weight excluding hydrogens is 132 g/mol. The lowest BCUT2D eigenvalue weighted by molar-refractivity contribution is -0.145. The van der Waals surface area contributed by atoms with Crippen LogP contribution in [0.3, 0.4) is 0 Å². The summed E-state index contributed by atoms with van der Waals surface area (Å²) >= 11 is 0. The summed E-state index contributed by atoms with van der Waals surface area (Å²) in [7, 11) is 0. The summed E-state index contributed by atoms with van der Waals surface area (Å²) < 4.78 is 4.75. The van der Waals surface area contributed by atoms with Gasteiger partial charge in [-0.25, -0.2) is 0 Å². The molecule has 0 radical (unpaired) electrons. The lowest BCUT2D eigenvalue weighted by Gasteiger charge is -1.97. The zero-order valence-electron chi connectivity index (χ0n) is 6.04. The van der Waals surface area contributed by atoms with Crippen LogP contribution in [0, 0.1) is 11.8 Å². The number of aliphatic hydroxyl groups excluding tert-OH is 1. The molecule has 58 valence electrons. The summed E-state index contributed by atoms with van der Waals surface area (Å²) in [6, 6.07) is 0. The van der Waals surface area contributed by atoms with E-state index in [0.29, 0.717) is 6.61 Å². The molecule has 1 rings (SSSR count). The number of hydrogen-bond donors (Lipinski definition) is 1. The van der Waals surface area contributed by atoms with E-state index in [1.807, 2.05) is 0 Å². The first-order valence-electron chi connectivity index (χ1n) is 3.57. The summed E-state index contributed by atoms with van der Waals surface area (Å²) in [6.45, 7) is 2.34. The molecule has 1 aliphatic carbocycles. The van der Waals surface area contributed by atoms with Crippen molar-refractivity contribution in [2.24, 2.45) is 11.8 Å². The molecule has 10 heavy (non-hydrogen) atoms. The Morgan fingerprint density at radius 2 is 2.50 bits per heavy atom. The van der Waals surface area contributed by atoms with Crippen LogP contribution < -0.4 is 0 Å². The van der Waals surface area contributed by atoms with Crippen LogP contribution in [-0.2, 0) is 9.53 Å². The highest BCUT2D eigenvalue weighted by molar-refractivity contribution is 5.75. The van der Waals surface area contributed by atoms with Crippen LogP contribution in [-0.4, -0.2) is 24.3 Å². The van der Waals surface area contributed by atoms with Gasteiger partial charge in [-0.3, -0.25) is 4.79 Å². The molecule has 1 saturated carbocycles. The fourth-order valence-electron chi connectivity index (χ4n) is 0.987. The summed E-state index contributed by atoms with van der Waals surface area (Å²) in [5.41, 5.74) is 0. The van der Waals surface area contributed by atoms with Crippen LogP contribution in [0.2, 0.25) is 0 Å². The Bertz CT molecular complexity index is 133. The standard InChI is InChI=1S/C7H12O3/c1-2-10-7(9)6-3-5(6)4-8/h5-6,8H,2-4H2,1H3/t5-,6?/m0/s1. The number of esters is 1. The summed E-state index contributed by atoms with van der Waals surface area (Å²) in [5.74, 6) is 0.0190. The molecule has 0 aromatic heterocycles. The second-order valence-corrected chi connectivity index (χ2v) is 2.54. The van der Waals surface area contributed by atoms with Crippen molar-refractivity contribution in [2.75, 3.05) is 13.2 Å². The normalized spacial score (nSPS) is 29.8. The second kappa shape index (κ2) is 3.01. The van der Waals surface area contributed by atoms with Gasteiger partial charge in [0, 0.05) is 6.61 Å². The number of aliphatic hydroxyl groups is 1. The zero-order valence-corrected chi connectivity index (χ0v) is 6.04. The van der Waals surface area contributed by atoms with Crippen molar-refractivity contribution in [1.29, 1.82) is 0 Å². The highest BCUT2D eigenvalue weighted by Gasteiger charge is 2.43. The Hall–Kier alpha value is -0.570. The van der Waals surface area contributed by atoms with Gasteiger partial charge in [0.05, 0.1) is 12.5 Å². The molecule has 0 saturated heterocycles. The average Bonchev–Trinajstić information content (AvgIpc) is 2.66. The fraction of sp³-hybridized carbons (Fsp3) is 0.857. The van der Waals surface area contributed by atoms with Crippen LogP contribution in [0.25, 0.3) is 0 Å². The largest absolute Gasteiger partial charge is 0.466 e. The van der Waals surface area contributed by atoms with Crippen molar-refractivity contribution in [3.8, 4) is 0 Å². The maximum absolute atomic E-state index is 10.8. The van der Waals surface area contributed by atoms with Crippen LogP contribution >= 0.6 is 0 Å². The number of carbonyl (C=O) groups is 1. The third-order valence-corrected chi connectivity index (χ3v) is 1.75. The lowest BCUT2D eigenvalue weighted by Crippen LogP contribution is -2.08. The predicted molar refractivity (Wildman–Crippen MR) is 35.3 cm³/mol. The molecule has 3 heteroatoms. The van der Waals surface area contributed by atoms with E-state index in [1.54, 1.807) is 6.92 Å². The first-order chi connectivity index (χ1) is 4.79. The smallest absolute Gasteiger partial charge is 0.309 e. The quantitative estimate of drug-likeness (QED) is 0.575. The second-order valence-electron chi connectivity index (χ2n) is 2.54. The van der Waals surface area contributed by atoms with E-state index in [-0.39, 0.29) is 24.4 Å². The van der Waals surface area contributed by atoms with Crippen molar-refractivity contribution < 1.29 is 14.6 Å². The summed E-state index contributed by atoms with van der Waals surface area (Å²) in [4.78, 5) is 10.8. The van der Waals surface area contributed by atoms with Gasteiger partial charge in [0.25, 0.3) is 0 Å². The number of hydrogen-bond acceptors (Lipinski definition) is 3. The molecule has 1 fully saturated rings. The van der Waals surface area contributed by atoms with E-state index in [4.69, 9.17) is 9.84 Å². The average molecular weight is 144 g/mol. The van der Waals surface area contributed by atoms with E-state index in [0.717, 1.165) is 6.42 Å². The molecule has 1 aliphatic rings. The van der Waals surface area contributed by atoms with E-state index in [1.165, 1.54) is 0 Å². The topological polar surface area (TPSA) is 46.5 Å². The van der Waals surface area contributed by atoms with Gasteiger partial charge in [0.1, 0.15) is 0 Å². The van der Waals surface area contributed by atoms with Crippen LogP contribution in [0.15, 0.2) is 0 Å². The zero-order chi connectivity index (χ0) is 7.56. The summed E-state index contributed by atoms with van der Waals surface area (Å²) in [5, 5.41) is 8.59. The fourth-order valence-corrected chi connectivity index (χ4v) is 0.987. The van der Waals surface area contributed by atoms with Gasteiger partial charge in [-0.05, 0) is 19.3 Å². The van der Waals surface area contributed by atoms with Crippen molar-refractivity contribution in [3.63, 3.8) is 0 Å². The van der Waals surface area contributed by atoms with Crippen LogP contribution in [0.4, 0.5) is 0 Å². The van der Waals surface area contributed by atoms with E-state index >= 15 is 0 Å². The Morgan fingerprint density at radius 1 is 1.80 bits per heavy atom. The molecule has 1 unspecified atom stereocenters. The van der Waals surface area contributed by atoms with Gasteiger partial charge in [-0.2, -0.15) is 0 Å². The highest BCUT2D eigenvalue weighted by atomic mass is 16.5. The first-order valence-corrected chi connectivity index (χ1v) is 3.57. The highest BCUT2D eigenvalue weighted by Crippen LogP contribution is 2.38. The number of ether oxygens (including phenoxy) is 1. The molecule has 0 heterocycles. The van der Waals surface area contributed by atoms with Crippen molar-refractivity contribution in [2.45, 2.75) is 13.3 Å². The van der Waals surface area contributed by atoms with Crippen molar-refractivity contribution >= 4 is 5.97 Å². The molecule has 0 aromatic rings. The monoisotopic (exact) mass is 144 g/mol. The molecule has 0 aromatic carbocycles. The van der Waals surface area contributed by atoms with Crippen molar-refractivity contribution in [1.82, 2.24) is 0 Å². The van der Waals surface area contributed by atoms with E-state index in [2.05, 4.69) is 0 Å². The predicted octanol–water partition coefficient (Wildman–Crippen LogP) is 0.178. The molecule has 2 atom stereocenters. The third kappa shape index (κ3) is 1.48. The van der Waals surface area contributed by atoms with E-state index in [9.17, 15) is 4.79 Å². The molecule has 0 amide bonds. The Morgan fingerprint density at radius 3 is 2.90 bits per heavy atom. The minimum Gasteiger partial charge on any atom is -0.466 e. The maximum atomic E-state index is 10.8. The van der Waals surface area contributed by atoms with Gasteiger partial charge in [-0.15, -0.1) is 0 Å². The summed E-state index contributed by atoms with van der Waals surface area (Å²) in [6.07, 6.45) is 0.801. The molecule has 3 nitrogen and oxygen atoms in total. The minimum absolute atomic E-state index is 0.00931. The maximum Gasteiger partial charge on any atom is 0.309 e. The van der Waals surface area contributed by atoms with Gasteiger partial charge in [0.15, 0.2) is 0 Å². The number of carbonyl (C=O) groups excluding carboxylic acids is 1. The van der Waals surface area contributed by atoms with Gasteiger partial charge < -0.3 is 9.84 Å². The van der Waals surface area contributed by atoms with Crippen LogP contribution in [0.5, 0.6) is 0 Å². The van der Waals surface area contributed by atoms with Gasteiger partial charge in [0.2, 0.25) is 0 Å². The van der Waals surface area contributed by atoms with Crippen molar-refractivity contribution in [3.05, 3.63) is 0 Å². The van der Waals surface area contributed by atoms with Gasteiger partial charge >= 0.3 is 5.97 Å². The first kappa shape index (κ1) is 7.54. The van der Waals surface area contributed by atoms with Crippen LogP contribution in [0.1, 0.15) is 13.3 Å². The van der Waals surface area contributed by atoms with Gasteiger partial charge in [-0.1, -0.05) is 0 Å². The lowest BCUT2D eigenvalue weighted by atomic mass is 10.3.